The van der Waals surface area contributed by atoms with E-state index in [2.05, 4.69) is 0 Å². The molecule has 1 fully saturated rings. The lowest BCUT2D eigenvalue weighted by Gasteiger charge is -2.33. The second-order valence-corrected chi connectivity index (χ2v) is 6.18. The van der Waals surface area contributed by atoms with Gasteiger partial charge in [-0.05, 0) is 36.0 Å². The Morgan fingerprint density at radius 2 is 1.62 bits per heavy atom. The first-order chi connectivity index (χ1) is 11.6. The molecule has 124 valence electrons. The molecule has 1 aliphatic rings. The van der Waals surface area contributed by atoms with E-state index in [1.165, 1.54) is 4.90 Å². The van der Waals surface area contributed by atoms with Crippen LogP contribution in [0.4, 0.5) is 0 Å². The lowest BCUT2D eigenvalue weighted by Crippen LogP contribution is -2.48. The van der Waals surface area contributed by atoms with E-state index >= 15 is 0 Å². The van der Waals surface area contributed by atoms with Crippen molar-refractivity contribution in [2.45, 2.75) is 31.7 Å². The van der Waals surface area contributed by atoms with Gasteiger partial charge >= 0.3 is 5.97 Å². The van der Waals surface area contributed by atoms with E-state index in [0.29, 0.717) is 13.0 Å². The SMILES string of the molecule is O=C(O)[C@H]1CCCCN1C(=O)Cc1ccc(-c2ccccc2)cc1. The topological polar surface area (TPSA) is 57.6 Å². The molecule has 0 spiro atoms. The maximum atomic E-state index is 12.5. The van der Waals surface area contributed by atoms with Crippen LogP contribution in [0.5, 0.6) is 0 Å². The second-order valence-electron chi connectivity index (χ2n) is 6.18. The molecule has 3 rings (SSSR count). The molecule has 24 heavy (non-hydrogen) atoms. The van der Waals surface area contributed by atoms with E-state index in [9.17, 15) is 14.7 Å². The third kappa shape index (κ3) is 3.65. The molecular formula is C20H21NO3. The first-order valence-corrected chi connectivity index (χ1v) is 8.32. The highest BCUT2D eigenvalue weighted by atomic mass is 16.4. The predicted octanol–water partition coefficient (Wildman–Crippen LogP) is 3.36. The molecule has 2 aromatic rings. The fourth-order valence-electron chi connectivity index (χ4n) is 3.21. The van der Waals surface area contributed by atoms with Crippen LogP contribution in [0, 0.1) is 0 Å². The summed E-state index contributed by atoms with van der Waals surface area (Å²) in [5, 5.41) is 9.29. The molecule has 0 aromatic heterocycles. The summed E-state index contributed by atoms with van der Waals surface area (Å²) in [5.41, 5.74) is 3.15. The van der Waals surface area contributed by atoms with Crippen LogP contribution in [0.2, 0.25) is 0 Å². The minimum atomic E-state index is -0.900. The van der Waals surface area contributed by atoms with Crippen LogP contribution in [0.1, 0.15) is 24.8 Å². The van der Waals surface area contributed by atoms with Crippen molar-refractivity contribution in [1.82, 2.24) is 4.90 Å². The van der Waals surface area contributed by atoms with E-state index in [-0.39, 0.29) is 12.3 Å². The average Bonchev–Trinajstić information content (AvgIpc) is 2.63. The Balaban J connectivity index is 1.69. The van der Waals surface area contributed by atoms with Crippen molar-refractivity contribution >= 4 is 11.9 Å². The molecule has 0 bridgehead atoms. The van der Waals surface area contributed by atoms with Crippen LogP contribution in [-0.4, -0.2) is 34.5 Å². The Morgan fingerprint density at radius 1 is 0.958 bits per heavy atom. The van der Waals surface area contributed by atoms with Crippen LogP contribution >= 0.6 is 0 Å². The number of likely N-dealkylation sites (tertiary alicyclic amines) is 1. The number of amides is 1. The van der Waals surface area contributed by atoms with Gasteiger partial charge in [0.05, 0.1) is 6.42 Å². The van der Waals surface area contributed by atoms with Gasteiger partial charge in [-0.2, -0.15) is 0 Å². The molecule has 1 heterocycles. The number of carboxylic acid groups (broad SMARTS) is 1. The van der Waals surface area contributed by atoms with Crippen LogP contribution in [0.15, 0.2) is 54.6 Å². The van der Waals surface area contributed by atoms with Crippen molar-refractivity contribution in [1.29, 1.82) is 0 Å². The quantitative estimate of drug-likeness (QED) is 0.938. The van der Waals surface area contributed by atoms with Crippen molar-refractivity contribution in [2.24, 2.45) is 0 Å². The number of carbonyl (C=O) groups excluding carboxylic acids is 1. The molecular weight excluding hydrogens is 302 g/mol. The van der Waals surface area contributed by atoms with Gasteiger partial charge in [-0.15, -0.1) is 0 Å². The fraction of sp³-hybridized carbons (Fsp3) is 0.300. The highest BCUT2D eigenvalue weighted by Gasteiger charge is 2.31. The summed E-state index contributed by atoms with van der Waals surface area (Å²) in [4.78, 5) is 25.4. The zero-order chi connectivity index (χ0) is 16.9. The van der Waals surface area contributed by atoms with Gasteiger partial charge in [-0.3, -0.25) is 4.79 Å². The van der Waals surface area contributed by atoms with E-state index in [4.69, 9.17) is 0 Å². The Bertz CT molecular complexity index is 709. The van der Waals surface area contributed by atoms with Gasteiger partial charge in [0.2, 0.25) is 5.91 Å². The Hall–Kier alpha value is -2.62. The summed E-state index contributed by atoms with van der Waals surface area (Å²) in [6, 6.07) is 17.3. The van der Waals surface area contributed by atoms with Gasteiger partial charge in [-0.25, -0.2) is 4.79 Å². The minimum Gasteiger partial charge on any atom is -0.480 e. The second kappa shape index (κ2) is 7.30. The Kier molecular flexibility index (Phi) is 4.94. The van der Waals surface area contributed by atoms with Crippen molar-refractivity contribution in [2.75, 3.05) is 6.54 Å². The van der Waals surface area contributed by atoms with Crippen LogP contribution in [0.25, 0.3) is 11.1 Å². The number of carboxylic acids is 1. The number of rotatable bonds is 4. The highest BCUT2D eigenvalue weighted by molar-refractivity contribution is 5.85. The summed E-state index contributed by atoms with van der Waals surface area (Å²) >= 11 is 0. The summed E-state index contributed by atoms with van der Waals surface area (Å²) < 4.78 is 0. The zero-order valence-electron chi connectivity index (χ0n) is 13.5. The summed E-state index contributed by atoms with van der Waals surface area (Å²) in [6.07, 6.45) is 2.54. The van der Waals surface area contributed by atoms with Gasteiger partial charge in [0, 0.05) is 6.54 Å². The number of carbonyl (C=O) groups is 2. The van der Waals surface area contributed by atoms with Gasteiger partial charge < -0.3 is 10.0 Å². The molecule has 0 saturated carbocycles. The first-order valence-electron chi connectivity index (χ1n) is 8.32. The minimum absolute atomic E-state index is 0.102. The van der Waals surface area contributed by atoms with Crippen LogP contribution in [-0.2, 0) is 16.0 Å². The van der Waals surface area contributed by atoms with Crippen LogP contribution < -0.4 is 0 Å². The fourth-order valence-corrected chi connectivity index (χ4v) is 3.21. The monoisotopic (exact) mass is 323 g/mol. The smallest absolute Gasteiger partial charge is 0.326 e. The van der Waals surface area contributed by atoms with Gasteiger partial charge in [0.1, 0.15) is 6.04 Å². The van der Waals surface area contributed by atoms with Crippen molar-refractivity contribution in [3.05, 3.63) is 60.2 Å². The number of benzene rings is 2. The first kappa shape index (κ1) is 16.2. The Labute approximate surface area is 141 Å². The van der Waals surface area contributed by atoms with Crippen molar-refractivity contribution in [3.8, 4) is 11.1 Å². The van der Waals surface area contributed by atoms with Gasteiger partial charge in [0.15, 0.2) is 0 Å². The third-order valence-corrected chi connectivity index (χ3v) is 4.52. The predicted molar refractivity (Wildman–Crippen MR) is 92.6 cm³/mol. The summed E-state index contributed by atoms with van der Waals surface area (Å²) in [5.74, 6) is -1.00. The lowest BCUT2D eigenvalue weighted by molar-refractivity contribution is -0.151. The largest absolute Gasteiger partial charge is 0.480 e. The molecule has 2 aromatic carbocycles. The number of hydrogen-bond donors (Lipinski definition) is 1. The third-order valence-electron chi connectivity index (χ3n) is 4.52. The molecule has 1 N–H and O–H groups in total. The maximum absolute atomic E-state index is 12.5. The molecule has 0 radical (unpaired) electrons. The molecule has 1 amide bonds. The molecule has 1 aliphatic heterocycles. The standard InChI is InChI=1S/C20H21NO3/c22-19(21-13-5-4-8-18(21)20(23)24)14-15-9-11-17(12-10-15)16-6-2-1-3-7-16/h1-3,6-7,9-12,18H,4-5,8,13-14H2,(H,23,24)/t18-/m1/s1. The van der Waals surface area contributed by atoms with Crippen molar-refractivity contribution < 1.29 is 14.7 Å². The molecule has 0 unspecified atom stereocenters. The normalized spacial score (nSPS) is 17.5. The number of hydrogen-bond acceptors (Lipinski definition) is 2. The summed E-state index contributed by atoms with van der Waals surface area (Å²) in [7, 11) is 0. The average molecular weight is 323 g/mol. The number of piperidine rings is 1. The molecule has 0 aliphatic carbocycles. The van der Waals surface area contributed by atoms with Gasteiger partial charge in [0.25, 0.3) is 0 Å². The highest BCUT2D eigenvalue weighted by Crippen LogP contribution is 2.21. The Morgan fingerprint density at radius 3 is 2.29 bits per heavy atom. The summed E-state index contributed by atoms with van der Waals surface area (Å²) in [6.45, 7) is 0.540. The van der Waals surface area contributed by atoms with E-state index in [1.807, 2.05) is 54.6 Å². The number of aliphatic carboxylic acids is 1. The zero-order valence-corrected chi connectivity index (χ0v) is 13.5. The van der Waals surface area contributed by atoms with E-state index < -0.39 is 12.0 Å². The van der Waals surface area contributed by atoms with E-state index in [0.717, 1.165) is 29.5 Å². The van der Waals surface area contributed by atoms with Crippen molar-refractivity contribution in [3.63, 3.8) is 0 Å². The van der Waals surface area contributed by atoms with E-state index in [1.54, 1.807) is 0 Å². The molecule has 1 atom stereocenters. The van der Waals surface area contributed by atoms with Gasteiger partial charge in [-0.1, -0.05) is 54.6 Å². The lowest BCUT2D eigenvalue weighted by atomic mass is 9.99. The van der Waals surface area contributed by atoms with Crippen LogP contribution in [0.3, 0.4) is 0 Å². The maximum Gasteiger partial charge on any atom is 0.326 e. The number of nitrogens with zero attached hydrogens (tertiary/aromatic N) is 1. The molecule has 4 heteroatoms. The molecule has 1 saturated heterocycles. The molecule has 4 nitrogen and oxygen atoms in total.